The Morgan fingerprint density at radius 1 is 0.463 bits per heavy atom. The number of para-hydroxylation sites is 1. The van der Waals surface area contributed by atoms with Crippen molar-refractivity contribution >= 4 is 32.6 Å². The smallest absolute Gasteiger partial charge is 0.0622 e. The first-order chi connectivity index (χ1) is 19.9. The van der Waals surface area contributed by atoms with Crippen molar-refractivity contribution in [1.82, 2.24) is 4.57 Å². The summed E-state index contributed by atoms with van der Waals surface area (Å²) in [6.45, 7) is 9.55. The van der Waals surface area contributed by atoms with Crippen LogP contribution in [0.5, 0.6) is 0 Å². The number of aromatic nitrogens is 1. The van der Waals surface area contributed by atoms with E-state index in [2.05, 4.69) is 148 Å². The molecule has 6 aromatic carbocycles. The fourth-order valence-electron chi connectivity index (χ4n) is 8.31. The summed E-state index contributed by atoms with van der Waals surface area (Å²) in [5, 5.41) is 5.29. The Bertz CT molecular complexity index is 2260. The molecule has 41 heavy (non-hydrogen) atoms. The van der Waals surface area contributed by atoms with Gasteiger partial charge in [0.1, 0.15) is 0 Å². The third kappa shape index (κ3) is 2.72. The van der Waals surface area contributed by atoms with Gasteiger partial charge in [0, 0.05) is 32.7 Å². The topological polar surface area (TPSA) is 4.93 Å². The van der Waals surface area contributed by atoms with Crippen LogP contribution in [0, 0.1) is 0 Å². The predicted octanol–water partition coefficient (Wildman–Crippen LogP) is 10.5. The minimum absolute atomic E-state index is 0.0455. The summed E-state index contributed by atoms with van der Waals surface area (Å²) in [4.78, 5) is 0. The van der Waals surface area contributed by atoms with Crippen LogP contribution < -0.4 is 0 Å². The van der Waals surface area contributed by atoms with E-state index in [0.29, 0.717) is 0 Å². The van der Waals surface area contributed by atoms with Gasteiger partial charge in [-0.1, -0.05) is 131 Å². The Labute approximate surface area is 240 Å². The van der Waals surface area contributed by atoms with Crippen molar-refractivity contribution < 1.29 is 0 Å². The molecule has 2 aliphatic carbocycles. The van der Waals surface area contributed by atoms with E-state index in [1.54, 1.807) is 0 Å². The Hall–Kier alpha value is -4.62. The summed E-state index contributed by atoms with van der Waals surface area (Å²) in [6.07, 6.45) is 0. The van der Waals surface area contributed by atoms with Crippen molar-refractivity contribution in [2.24, 2.45) is 0 Å². The highest BCUT2D eigenvalue weighted by molar-refractivity contribution is 6.17. The van der Waals surface area contributed by atoms with Crippen LogP contribution in [-0.4, -0.2) is 4.57 Å². The molecule has 7 aromatic rings. The van der Waals surface area contributed by atoms with Gasteiger partial charge in [0.25, 0.3) is 0 Å². The SMILES string of the molecule is CC1(C)c2ccccc2-c2c(-n3c4ccccc4c4ccc5c(c43)-c3ccc4ccccc4c3C5(C)C)cccc21. The van der Waals surface area contributed by atoms with E-state index in [1.807, 2.05) is 0 Å². The lowest BCUT2D eigenvalue weighted by Gasteiger charge is -2.23. The van der Waals surface area contributed by atoms with Gasteiger partial charge in [-0.2, -0.15) is 0 Å². The van der Waals surface area contributed by atoms with Gasteiger partial charge in [0.05, 0.1) is 16.7 Å². The molecule has 0 saturated carbocycles. The van der Waals surface area contributed by atoms with E-state index < -0.39 is 0 Å². The standard InChI is InChI=1S/C40H31N/c1-39(2)30-16-9-7-15-28(30)35-31(39)17-11-19-34(35)41-33-18-10-8-14-26(33)27-22-23-32-36(38(27)41)29-21-20-24-12-5-6-13-25(24)37(29)40(32,3)4/h5-23H,1-4H3. The van der Waals surface area contributed by atoms with Gasteiger partial charge in [-0.15, -0.1) is 0 Å². The highest BCUT2D eigenvalue weighted by Gasteiger charge is 2.40. The molecule has 196 valence electrons. The zero-order chi connectivity index (χ0) is 27.7. The van der Waals surface area contributed by atoms with E-state index in [1.165, 1.54) is 82.8 Å². The molecule has 1 heteroatoms. The van der Waals surface area contributed by atoms with Gasteiger partial charge >= 0.3 is 0 Å². The van der Waals surface area contributed by atoms with Crippen molar-refractivity contribution in [2.45, 2.75) is 38.5 Å². The molecule has 0 atom stereocenters. The molecule has 0 amide bonds. The summed E-state index contributed by atoms with van der Waals surface area (Å²) in [5.41, 5.74) is 14.8. The normalized spacial score (nSPS) is 15.7. The fraction of sp³-hybridized carbons (Fsp3) is 0.150. The first-order valence-corrected chi connectivity index (χ1v) is 14.7. The van der Waals surface area contributed by atoms with Gasteiger partial charge in [0.2, 0.25) is 0 Å². The average Bonchev–Trinajstić information content (AvgIpc) is 3.54. The zero-order valence-corrected chi connectivity index (χ0v) is 23.9. The average molecular weight is 526 g/mol. The molecule has 0 spiro atoms. The van der Waals surface area contributed by atoms with E-state index in [-0.39, 0.29) is 10.8 Å². The Morgan fingerprint density at radius 3 is 2.05 bits per heavy atom. The Morgan fingerprint density at radius 2 is 1.17 bits per heavy atom. The van der Waals surface area contributed by atoms with E-state index in [0.717, 1.165) is 0 Å². The minimum atomic E-state index is -0.103. The molecule has 1 aromatic heterocycles. The van der Waals surface area contributed by atoms with E-state index >= 15 is 0 Å². The quantitative estimate of drug-likeness (QED) is 0.201. The van der Waals surface area contributed by atoms with Gasteiger partial charge in [0.15, 0.2) is 0 Å². The molecule has 1 heterocycles. The highest BCUT2D eigenvalue weighted by atomic mass is 15.0. The number of hydrogen-bond acceptors (Lipinski definition) is 0. The lowest BCUT2D eigenvalue weighted by molar-refractivity contribution is 0.660. The maximum Gasteiger partial charge on any atom is 0.0622 e. The third-order valence-corrected chi connectivity index (χ3v) is 10.2. The predicted molar refractivity (Wildman–Crippen MR) is 173 cm³/mol. The van der Waals surface area contributed by atoms with Crippen LogP contribution in [0.4, 0.5) is 0 Å². The molecular formula is C40H31N. The molecule has 2 aliphatic rings. The summed E-state index contributed by atoms with van der Waals surface area (Å²) in [6, 6.07) is 43.2. The van der Waals surface area contributed by atoms with Crippen LogP contribution >= 0.6 is 0 Å². The number of hydrogen-bond donors (Lipinski definition) is 0. The Kier molecular flexibility index (Phi) is 4.26. The van der Waals surface area contributed by atoms with Crippen molar-refractivity contribution in [2.75, 3.05) is 0 Å². The molecule has 0 radical (unpaired) electrons. The molecular weight excluding hydrogens is 494 g/mol. The monoisotopic (exact) mass is 525 g/mol. The molecule has 0 unspecified atom stereocenters. The summed E-state index contributed by atoms with van der Waals surface area (Å²) in [5.74, 6) is 0. The van der Waals surface area contributed by atoms with Gasteiger partial charge in [-0.25, -0.2) is 0 Å². The number of nitrogens with zero attached hydrogens (tertiary/aromatic N) is 1. The number of fused-ring (bicyclic) bond motifs is 12. The molecule has 1 nitrogen and oxygen atoms in total. The summed E-state index contributed by atoms with van der Waals surface area (Å²) in [7, 11) is 0. The Balaban J connectivity index is 1.49. The molecule has 9 rings (SSSR count). The first kappa shape index (κ1) is 23.1. The highest BCUT2D eigenvalue weighted by Crippen LogP contribution is 2.56. The van der Waals surface area contributed by atoms with Crippen molar-refractivity contribution in [3.8, 4) is 27.9 Å². The number of rotatable bonds is 1. The lowest BCUT2D eigenvalue weighted by atomic mass is 9.80. The molecule has 0 bridgehead atoms. The second-order valence-electron chi connectivity index (χ2n) is 12.9. The van der Waals surface area contributed by atoms with Gasteiger partial charge in [-0.3, -0.25) is 0 Å². The molecule has 0 aliphatic heterocycles. The van der Waals surface area contributed by atoms with Crippen molar-refractivity contribution in [1.29, 1.82) is 0 Å². The largest absolute Gasteiger partial charge is 0.308 e. The van der Waals surface area contributed by atoms with Crippen LogP contribution in [0.15, 0.2) is 115 Å². The summed E-state index contributed by atoms with van der Waals surface area (Å²) < 4.78 is 2.58. The van der Waals surface area contributed by atoms with E-state index in [9.17, 15) is 0 Å². The second kappa shape index (κ2) is 7.56. The third-order valence-electron chi connectivity index (χ3n) is 10.2. The van der Waals surface area contributed by atoms with Crippen LogP contribution in [0.1, 0.15) is 49.9 Å². The molecule has 0 N–H and O–H groups in total. The van der Waals surface area contributed by atoms with Crippen molar-refractivity contribution in [3.05, 3.63) is 138 Å². The van der Waals surface area contributed by atoms with Crippen molar-refractivity contribution in [3.63, 3.8) is 0 Å². The molecule has 0 saturated heterocycles. The number of benzene rings is 6. The maximum absolute atomic E-state index is 2.58. The maximum atomic E-state index is 2.58. The van der Waals surface area contributed by atoms with Gasteiger partial charge < -0.3 is 4.57 Å². The fourth-order valence-corrected chi connectivity index (χ4v) is 8.31. The van der Waals surface area contributed by atoms with E-state index in [4.69, 9.17) is 0 Å². The van der Waals surface area contributed by atoms with Gasteiger partial charge in [-0.05, 0) is 56.3 Å². The summed E-state index contributed by atoms with van der Waals surface area (Å²) >= 11 is 0. The van der Waals surface area contributed by atoms with Crippen LogP contribution in [-0.2, 0) is 10.8 Å². The second-order valence-corrected chi connectivity index (χ2v) is 12.9. The lowest BCUT2D eigenvalue weighted by Crippen LogP contribution is -2.15. The minimum Gasteiger partial charge on any atom is -0.308 e. The van der Waals surface area contributed by atoms with Crippen LogP contribution in [0.25, 0.3) is 60.5 Å². The van der Waals surface area contributed by atoms with Crippen LogP contribution in [0.2, 0.25) is 0 Å². The first-order valence-electron chi connectivity index (χ1n) is 14.7. The molecule has 0 fully saturated rings. The zero-order valence-electron chi connectivity index (χ0n) is 23.9. The van der Waals surface area contributed by atoms with Crippen LogP contribution in [0.3, 0.4) is 0 Å².